The van der Waals surface area contributed by atoms with Gasteiger partial charge in [0.2, 0.25) is 0 Å². The van der Waals surface area contributed by atoms with Gasteiger partial charge in [-0.3, -0.25) is 4.90 Å². The SMILES string of the molecule is COC(=O)c1cccc(NC(=O)N2CCN(C3CCS(=O)(=O)C3)CC2)c1. The molecule has 0 saturated carbocycles. The summed E-state index contributed by atoms with van der Waals surface area (Å²) in [7, 11) is -1.59. The molecule has 26 heavy (non-hydrogen) atoms. The fourth-order valence-corrected chi connectivity index (χ4v) is 5.16. The maximum atomic E-state index is 12.4. The van der Waals surface area contributed by atoms with Gasteiger partial charge in [0.15, 0.2) is 9.84 Å². The first-order valence-corrected chi connectivity index (χ1v) is 10.4. The molecular formula is C17H23N3O5S. The van der Waals surface area contributed by atoms with E-state index in [1.165, 1.54) is 7.11 Å². The molecule has 0 spiro atoms. The Morgan fingerprint density at radius 1 is 1.19 bits per heavy atom. The molecule has 1 atom stereocenters. The first-order valence-electron chi connectivity index (χ1n) is 8.57. The lowest BCUT2D eigenvalue weighted by atomic mass is 10.2. The van der Waals surface area contributed by atoms with Gasteiger partial charge < -0.3 is 15.0 Å². The van der Waals surface area contributed by atoms with Crippen LogP contribution in [0.3, 0.4) is 0 Å². The summed E-state index contributed by atoms with van der Waals surface area (Å²) in [4.78, 5) is 27.9. The summed E-state index contributed by atoms with van der Waals surface area (Å²) in [5, 5.41) is 2.79. The number of methoxy groups -OCH3 is 1. The van der Waals surface area contributed by atoms with E-state index in [2.05, 4.69) is 15.0 Å². The van der Waals surface area contributed by atoms with E-state index < -0.39 is 15.8 Å². The fraction of sp³-hybridized carbons (Fsp3) is 0.529. The van der Waals surface area contributed by atoms with Crippen LogP contribution < -0.4 is 5.32 Å². The van der Waals surface area contributed by atoms with E-state index in [9.17, 15) is 18.0 Å². The molecule has 3 rings (SSSR count). The predicted molar refractivity (Wildman–Crippen MR) is 97.0 cm³/mol. The maximum absolute atomic E-state index is 12.4. The van der Waals surface area contributed by atoms with Crippen LogP contribution in [0.2, 0.25) is 0 Å². The first-order chi connectivity index (χ1) is 12.4. The number of nitrogens with one attached hydrogen (secondary N) is 1. The largest absolute Gasteiger partial charge is 0.465 e. The molecule has 0 aliphatic carbocycles. The summed E-state index contributed by atoms with van der Waals surface area (Å²) in [6.07, 6.45) is 0.675. The third kappa shape index (κ3) is 4.34. The van der Waals surface area contributed by atoms with E-state index in [0.717, 1.165) is 0 Å². The minimum absolute atomic E-state index is 0.0712. The standard InChI is InChI=1S/C17H23N3O5S/c1-25-16(21)13-3-2-4-14(11-13)18-17(22)20-8-6-19(7-9-20)15-5-10-26(23,24)12-15/h2-4,11,15H,5-10,12H2,1H3,(H,18,22). The minimum atomic E-state index is -2.90. The summed E-state index contributed by atoms with van der Waals surface area (Å²) >= 11 is 0. The van der Waals surface area contributed by atoms with Crippen molar-refractivity contribution in [3.05, 3.63) is 29.8 Å². The Morgan fingerprint density at radius 2 is 1.92 bits per heavy atom. The molecule has 2 aliphatic heterocycles. The van der Waals surface area contributed by atoms with Gasteiger partial charge >= 0.3 is 12.0 Å². The molecule has 1 N–H and O–H groups in total. The van der Waals surface area contributed by atoms with E-state index in [1.807, 2.05) is 0 Å². The quantitative estimate of drug-likeness (QED) is 0.779. The van der Waals surface area contributed by atoms with Gasteiger partial charge in [0.1, 0.15) is 0 Å². The highest BCUT2D eigenvalue weighted by Gasteiger charge is 2.34. The van der Waals surface area contributed by atoms with E-state index in [-0.39, 0.29) is 23.6 Å². The Kier molecular flexibility index (Phi) is 5.47. The van der Waals surface area contributed by atoms with Crippen molar-refractivity contribution in [1.82, 2.24) is 9.80 Å². The van der Waals surface area contributed by atoms with Crippen molar-refractivity contribution in [1.29, 1.82) is 0 Å². The lowest BCUT2D eigenvalue weighted by molar-refractivity contribution is 0.0600. The number of benzene rings is 1. The summed E-state index contributed by atoms with van der Waals surface area (Å²) in [6.45, 7) is 2.41. The number of ether oxygens (including phenoxy) is 1. The molecule has 0 bridgehead atoms. The van der Waals surface area contributed by atoms with E-state index in [4.69, 9.17) is 0 Å². The number of nitrogens with zero attached hydrogens (tertiary/aromatic N) is 2. The topological polar surface area (TPSA) is 96.0 Å². The normalized spacial score (nSPS) is 22.8. The van der Waals surface area contributed by atoms with Crippen LogP contribution in [0.5, 0.6) is 0 Å². The van der Waals surface area contributed by atoms with Crippen LogP contribution in [-0.4, -0.2) is 81.1 Å². The van der Waals surface area contributed by atoms with E-state index in [1.54, 1.807) is 29.2 Å². The number of amides is 2. The zero-order valence-electron chi connectivity index (χ0n) is 14.7. The van der Waals surface area contributed by atoms with E-state index in [0.29, 0.717) is 43.9 Å². The zero-order chi connectivity index (χ0) is 18.7. The van der Waals surface area contributed by atoms with Crippen molar-refractivity contribution in [2.24, 2.45) is 0 Å². The Balaban J connectivity index is 1.53. The molecule has 2 heterocycles. The average Bonchev–Trinajstić information content (AvgIpc) is 3.01. The van der Waals surface area contributed by atoms with Gasteiger partial charge in [-0.15, -0.1) is 0 Å². The molecule has 0 radical (unpaired) electrons. The lowest BCUT2D eigenvalue weighted by Crippen LogP contribution is -2.53. The number of hydrogen-bond acceptors (Lipinski definition) is 6. The number of rotatable bonds is 3. The van der Waals surface area contributed by atoms with Crippen LogP contribution in [0, 0.1) is 0 Å². The highest BCUT2D eigenvalue weighted by molar-refractivity contribution is 7.91. The lowest BCUT2D eigenvalue weighted by Gasteiger charge is -2.37. The van der Waals surface area contributed by atoms with Crippen molar-refractivity contribution in [3.8, 4) is 0 Å². The van der Waals surface area contributed by atoms with E-state index >= 15 is 0 Å². The van der Waals surface area contributed by atoms with Crippen molar-refractivity contribution in [3.63, 3.8) is 0 Å². The molecule has 1 unspecified atom stereocenters. The Labute approximate surface area is 153 Å². The summed E-state index contributed by atoms with van der Waals surface area (Å²) < 4.78 is 27.9. The highest BCUT2D eigenvalue weighted by atomic mass is 32.2. The Bertz CT molecular complexity index is 787. The second-order valence-corrected chi connectivity index (χ2v) is 8.81. The zero-order valence-corrected chi connectivity index (χ0v) is 15.5. The Hall–Kier alpha value is -2.13. The predicted octanol–water partition coefficient (Wildman–Crippen LogP) is 0.810. The third-order valence-electron chi connectivity index (χ3n) is 4.86. The molecule has 1 aromatic carbocycles. The van der Waals surface area contributed by atoms with Gasteiger partial charge in [-0.05, 0) is 24.6 Å². The average molecular weight is 381 g/mol. The van der Waals surface area contributed by atoms with Gasteiger partial charge in [0.25, 0.3) is 0 Å². The van der Waals surface area contributed by atoms with Crippen molar-refractivity contribution in [2.75, 3.05) is 50.1 Å². The van der Waals surface area contributed by atoms with Crippen LogP contribution in [0.1, 0.15) is 16.8 Å². The number of esters is 1. The monoisotopic (exact) mass is 381 g/mol. The number of piperazine rings is 1. The molecule has 142 valence electrons. The molecule has 1 aromatic rings. The first kappa shape index (κ1) is 18.7. The van der Waals surface area contributed by atoms with Crippen molar-refractivity contribution >= 4 is 27.5 Å². The number of sulfone groups is 1. The molecular weight excluding hydrogens is 358 g/mol. The second-order valence-electron chi connectivity index (χ2n) is 6.58. The highest BCUT2D eigenvalue weighted by Crippen LogP contribution is 2.20. The number of carbonyl (C=O) groups excluding carboxylic acids is 2. The van der Waals surface area contributed by atoms with Gasteiger partial charge in [0, 0.05) is 37.9 Å². The number of carbonyl (C=O) groups is 2. The smallest absolute Gasteiger partial charge is 0.337 e. The Morgan fingerprint density at radius 3 is 2.54 bits per heavy atom. The van der Waals surface area contributed by atoms with Crippen LogP contribution in [0.4, 0.5) is 10.5 Å². The number of urea groups is 1. The summed E-state index contributed by atoms with van der Waals surface area (Å²) in [5.41, 5.74) is 0.903. The van der Waals surface area contributed by atoms with Gasteiger partial charge in [-0.2, -0.15) is 0 Å². The molecule has 2 fully saturated rings. The summed E-state index contributed by atoms with van der Waals surface area (Å²) in [5.74, 6) is 0.0234. The fourth-order valence-electron chi connectivity index (χ4n) is 3.40. The molecule has 2 aliphatic rings. The molecule has 8 nitrogen and oxygen atoms in total. The third-order valence-corrected chi connectivity index (χ3v) is 6.61. The van der Waals surface area contributed by atoms with Crippen molar-refractivity contribution in [2.45, 2.75) is 12.5 Å². The number of hydrogen-bond donors (Lipinski definition) is 1. The maximum Gasteiger partial charge on any atom is 0.337 e. The van der Waals surface area contributed by atoms with Crippen LogP contribution in [0.15, 0.2) is 24.3 Å². The van der Waals surface area contributed by atoms with Crippen LogP contribution in [-0.2, 0) is 14.6 Å². The van der Waals surface area contributed by atoms with Gasteiger partial charge in [0.05, 0.1) is 24.2 Å². The van der Waals surface area contributed by atoms with Gasteiger partial charge in [-0.25, -0.2) is 18.0 Å². The molecule has 2 amide bonds. The number of anilines is 1. The molecule has 0 aromatic heterocycles. The summed E-state index contributed by atoms with van der Waals surface area (Å²) in [6, 6.07) is 6.43. The van der Waals surface area contributed by atoms with Crippen LogP contribution >= 0.6 is 0 Å². The minimum Gasteiger partial charge on any atom is -0.465 e. The van der Waals surface area contributed by atoms with Crippen LogP contribution in [0.25, 0.3) is 0 Å². The van der Waals surface area contributed by atoms with Crippen molar-refractivity contribution < 1.29 is 22.7 Å². The second kappa shape index (κ2) is 7.63. The van der Waals surface area contributed by atoms with Gasteiger partial charge in [-0.1, -0.05) is 6.07 Å². The molecule has 2 saturated heterocycles. The molecule has 9 heteroatoms.